The van der Waals surface area contributed by atoms with Gasteiger partial charge in [0.15, 0.2) is 0 Å². The van der Waals surface area contributed by atoms with Crippen LogP contribution in [0, 0.1) is 5.92 Å². The van der Waals surface area contributed by atoms with Gasteiger partial charge < -0.3 is 20.1 Å². The minimum atomic E-state index is -1.14. The van der Waals surface area contributed by atoms with E-state index < -0.39 is 29.9 Å². The molecule has 0 bridgehead atoms. The van der Waals surface area contributed by atoms with Gasteiger partial charge in [-0.05, 0) is 50.7 Å². The minimum Gasteiger partial charge on any atom is -0.444 e. The Morgan fingerprint density at radius 2 is 1.63 bits per heavy atom. The molecule has 0 spiro atoms. The topological polar surface area (TPSA) is 90.9 Å². The third kappa shape index (κ3) is 7.54. The zero-order valence-corrected chi connectivity index (χ0v) is 21.4. The number of rotatable bonds is 9. The number of alkyl carbamates (subject to hydrolysis) is 1. The van der Waals surface area contributed by atoms with Crippen LogP contribution in [0.3, 0.4) is 0 Å². The van der Waals surface area contributed by atoms with Crippen molar-refractivity contribution in [2.45, 2.75) is 77.4 Å². The summed E-state index contributed by atoms with van der Waals surface area (Å²) in [5, 5.41) is 17.6. The first-order valence-corrected chi connectivity index (χ1v) is 12.4. The van der Waals surface area contributed by atoms with Crippen molar-refractivity contribution in [1.82, 2.24) is 15.5 Å². The van der Waals surface area contributed by atoms with Crippen molar-refractivity contribution < 1.29 is 19.4 Å². The molecule has 0 radical (unpaired) electrons. The second kappa shape index (κ2) is 11.7. The number of benzene rings is 2. The van der Waals surface area contributed by atoms with Crippen molar-refractivity contribution >= 4 is 12.0 Å². The number of aliphatic hydroxyl groups excluding tert-OH is 1. The van der Waals surface area contributed by atoms with E-state index in [1.807, 2.05) is 65.6 Å². The van der Waals surface area contributed by atoms with E-state index in [4.69, 9.17) is 4.74 Å². The van der Waals surface area contributed by atoms with Crippen LogP contribution in [0.4, 0.5) is 4.79 Å². The van der Waals surface area contributed by atoms with Crippen molar-refractivity contribution in [2.24, 2.45) is 5.92 Å². The molecular formula is C28H39N3O4. The second-order valence-electron chi connectivity index (χ2n) is 10.5. The quantitative estimate of drug-likeness (QED) is 0.510. The van der Waals surface area contributed by atoms with Crippen molar-refractivity contribution in [3.63, 3.8) is 0 Å². The predicted octanol–water partition coefficient (Wildman–Crippen LogP) is 3.51. The molecule has 7 nitrogen and oxygen atoms in total. The average Bonchev–Trinajstić information content (AvgIpc) is 3.13. The summed E-state index contributed by atoms with van der Waals surface area (Å²) in [5.74, 6) is -0.00510. The highest BCUT2D eigenvalue weighted by Crippen LogP contribution is 2.23. The number of carbonyl (C=O) groups excluding carboxylic acids is 2. The molecule has 7 heteroatoms. The molecule has 1 unspecified atom stereocenters. The van der Waals surface area contributed by atoms with Crippen LogP contribution in [-0.4, -0.2) is 58.5 Å². The first-order chi connectivity index (χ1) is 16.5. The highest BCUT2D eigenvalue weighted by atomic mass is 16.6. The van der Waals surface area contributed by atoms with Gasteiger partial charge in [-0.1, -0.05) is 74.5 Å². The number of ether oxygens (including phenoxy) is 1. The van der Waals surface area contributed by atoms with Gasteiger partial charge in [-0.3, -0.25) is 10.1 Å². The fraction of sp³-hybridized carbons (Fsp3) is 0.500. The molecule has 190 valence electrons. The summed E-state index contributed by atoms with van der Waals surface area (Å²) in [6.07, 6.45) is -0.875. The Balaban J connectivity index is 1.78. The maximum Gasteiger partial charge on any atom is 0.407 e. The Labute approximate surface area is 208 Å². The third-order valence-corrected chi connectivity index (χ3v) is 6.11. The second-order valence-corrected chi connectivity index (χ2v) is 10.5. The molecule has 0 aromatic heterocycles. The van der Waals surface area contributed by atoms with E-state index in [-0.39, 0.29) is 18.0 Å². The van der Waals surface area contributed by atoms with Crippen LogP contribution in [-0.2, 0) is 22.4 Å². The number of carbonyl (C=O) groups is 2. The maximum absolute atomic E-state index is 13.5. The molecule has 35 heavy (non-hydrogen) atoms. The van der Waals surface area contributed by atoms with E-state index in [9.17, 15) is 14.7 Å². The van der Waals surface area contributed by atoms with E-state index in [0.29, 0.717) is 13.0 Å². The molecule has 2 aromatic rings. The summed E-state index contributed by atoms with van der Waals surface area (Å²) in [7, 11) is 0. The molecule has 1 fully saturated rings. The monoisotopic (exact) mass is 481 g/mol. The fourth-order valence-electron chi connectivity index (χ4n) is 4.42. The summed E-state index contributed by atoms with van der Waals surface area (Å²) in [5.41, 5.74) is 1.42. The third-order valence-electron chi connectivity index (χ3n) is 6.11. The van der Waals surface area contributed by atoms with Crippen molar-refractivity contribution in [3.05, 3.63) is 71.8 Å². The Hall–Kier alpha value is -2.90. The lowest BCUT2D eigenvalue weighted by Gasteiger charge is -2.29. The first kappa shape index (κ1) is 26.7. The number of hydrogen-bond donors (Lipinski definition) is 3. The van der Waals surface area contributed by atoms with Crippen molar-refractivity contribution in [2.75, 3.05) is 6.54 Å². The number of aliphatic hydroxyl groups is 1. The van der Waals surface area contributed by atoms with Gasteiger partial charge in [-0.15, -0.1) is 0 Å². The zero-order chi connectivity index (χ0) is 25.6. The average molecular weight is 482 g/mol. The van der Waals surface area contributed by atoms with Gasteiger partial charge in [0.2, 0.25) is 5.91 Å². The maximum atomic E-state index is 13.5. The van der Waals surface area contributed by atoms with Crippen LogP contribution in [0.15, 0.2) is 60.7 Å². The summed E-state index contributed by atoms with van der Waals surface area (Å²) in [4.78, 5) is 27.9. The summed E-state index contributed by atoms with van der Waals surface area (Å²) in [6, 6.07) is 18.1. The number of hydrogen-bond acceptors (Lipinski definition) is 5. The van der Waals surface area contributed by atoms with Crippen LogP contribution in [0.2, 0.25) is 0 Å². The largest absolute Gasteiger partial charge is 0.444 e. The molecule has 1 saturated heterocycles. The molecule has 0 saturated carbocycles. The molecule has 2 amide bonds. The molecule has 3 rings (SSSR count). The Morgan fingerprint density at radius 3 is 2.17 bits per heavy atom. The molecular weight excluding hydrogens is 442 g/mol. The van der Waals surface area contributed by atoms with Crippen LogP contribution >= 0.6 is 0 Å². The Bertz CT molecular complexity index is 959. The van der Waals surface area contributed by atoms with Crippen LogP contribution in [0.25, 0.3) is 0 Å². The molecule has 3 N–H and O–H groups in total. The summed E-state index contributed by atoms with van der Waals surface area (Å²) in [6.45, 7) is 10.0. The minimum absolute atomic E-state index is 0.151. The van der Waals surface area contributed by atoms with Crippen LogP contribution in [0.5, 0.6) is 0 Å². The number of amides is 2. The van der Waals surface area contributed by atoms with Crippen molar-refractivity contribution in [1.29, 1.82) is 0 Å². The SMILES string of the molecule is CC(C)C1N[C@@H]([C@H](O)[C@H](Cc2ccccc2)NC(=O)OC(C)(C)C)C(=O)N1CCc1ccccc1. The van der Waals surface area contributed by atoms with E-state index in [2.05, 4.69) is 24.5 Å². The highest BCUT2D eigenvalue weighted by molar-refractivity contribution is 5.85. The molecule has 1 aliphatic rings. The van der Waals surface area contributed by atoms with Gasteiger partial charge in [0.1, 0.15) is 11.6 Å². The smallest absolute Gasteiger partial charge is 0.407 e. The van der Waals surface area contributed by atoms with Crippen molar-refractivity contribution in [3.8, 4) is 0 Å². The Kier molecular flexibility index (Phi) is 8.92. The van der Waals surface area contributed by atoms with E-state index in [0.717, 1.165) is 17.5 Å². The molecule has 2 aromatic carbocycles. The number of nitrogens with one attached hydrogen (secondary N) is 2. The number of nitrogens with zero attached hydrogens (tertiary/aromatic N) is 1. The Morgan fingerprint density at radius 1 is 1.06 bits per heavy atom. The molecule has 1 heterocycles. The molecule has 1 aliphatic heterocycles. The van der Waals surface area contributed by atoms with Gasteiger partial charge in [-0.2, -0.15) is 0 Å². The van der Waals surface area contributed by atoms with Gasteiger partial charge in [-0.25, -0.2) is 4.79 Å². The standard InChI is InChI=1S/C28H39N3O4/c1-19(2)25-30-23(26(33)31(25)17-16-20-12-8-6-9-13-20)24(32)22(18-21-14-10-7-11-15-21)29-27(34)35-28(3,4)5/h6-15,19,22-25,30,32H,16-18H2,1-5H3,(H,29,34)/t22-,23-,24+,25?/m0/s1. The molecule has 0 aliphatic carbocycles. The highest BCUT2D eigenvalue weighted by Gasteiger charge is 2.46. The fourth-order valence-corrected chi connectivity index (χ4v) is 4.42. The molecule has 4 atom stereocenters. The van der Waals surface area contributed by atoms with Gasteiger partial charge in [0, 0.05) is 6.54 Å². The van der Waals surface area contributed by atoms with Crippen LogP contribution in [0.1, 0.15) is 45.7 Å². The first-order valence-electron chi connectivity index (χ1n) is 12.4. The van der Waals surface area contributed by atoms with Gasteiger partial charge in [0.05, 0.1) is 18.3 Å². The van der Waals surface area contributed by atoms with E-state index in [1.54, 1.807) is 20.8 Å². The zero-order valence-electron chi connectivity index (χ0n) is 21.4. The normalized spacial score (nSPS) is 20.1. The lowest BCUT2D eigenvalue weighted by Crippen LogP contribution is -2.55. The predicted molar refractivity (Wildman–Crippen MR) is 137 cm³/mol. The van der Waals surface area contributed by atoms with Gasteiger partial charge in [0.25, 0.3) is 0 Å². The van der Waals surface area contributed by atoms with Crippen LogP contribution < -0.4 is 10.6 Å². The lowest BCUT2D eigenvalue weighted by molar-refractivity contribution is -0.132. The van der Waals surface area contributed by atoms with E-state index in [1.165, 1.54) is 0 Å². The summed E-state index contributed by atoms with van der Waals surface area (Å²) >= 11 is 0. The van der Waals surface area contributed by atoms with Gasteiger partial charge >= 0.3 is 6.09 Å². The summed E-state index contributed by atoms with van der Waals surface area (Å²) < 4.78 is 5.44. The van der Waals surface area contributed by atoms with E-state index >= 15 is 0 Å². The lowest BCUT2D eigenvalue weighted by atomic mass is 9.96.